The Labute approximate surface area is 156 Å². The van der Waals surface area contributed by atoms with Crippen molar-refractivity contribution in [2.45, 2.75) is 31.3 Å². The molecule has 25 heavy (non-hydrogen) atoms. The van der Waals surface area contributed by atoms with Crippen molar-refractivity contribution in [3.05, 3.63) is 33.4 Å². The number of rotatable bonds is 9. The fourth-order valence-corrected chi connectivity index (χ4v) is 2.30. The second kappa shape index (κ2) is 9.81. The number of hydrogen-bond acceptors (Lipinski definition) is 4. The average Bonchev–Trinajstić information content (AvgIpc) is 2.52. The van der Waals surface area contributed by atoms with Crippen LogP contribution >= 0.6 is 22.6 Å². The number of hydrogen-bond donors (Lipinski definition) is 5. The molecular weight excluding hydrogens is 447 g/mol. The standard InChI is InChI=1S/C15H17IN2O7/c16-9-3-1-8(2-4-9)7-11(14(23)24)18-15(25)17-10(13(21)22)5-6-12(19)20/h1-4,10-11H,5-7H2,(H,19,20)(H,21,22)(H,23,24)(H2,17,18,25)/t10?,11-/m0/s1. The van der Waals surface area contributed by atoms with E-state index in [1.54, 1.807) is 24.3 Å². The Bertz CT molecular complexity index is 648. The van der Waals surface area contributed by atoms with Crippen molar-refractivity contribution in [2.75, 3.05) is 0 Å². The maximum Gasteiger partial charge on any atom is 0.326 e. The van der Waals surface area contributed by atoms with Crippen LogP contribution in [0.3, 0.4) is 0 Å². The molecule has 0 aromatic heterocycles. The molecule has 0 heterocycles. The summed E-state index contributed by atoms with van der Waals surface area (Å²) in [6.07, 6.45) is -0.734. The maximum atomic E-state index is 11.9. The summed E-state index contributed by atoms with van der Waals surface area (Å²) in [5.41, 5.74) is 0.689. The molecule has 0 bridgehead atoms. The highest BCUT2D eigenvalue weighted by Gasteiger charge is 2.25. The van der Waals surface area contributed by atoms with Crippen molar-refractivity contribution < 1.29 is 34.5 Å². The minimum Gasteiger partial charge on any atom is -0.481 e. The molecule has 0 aliphatic heterocycles. The number of nitrogens with one attached hydrogen (secondary N) is 2. The molecule has 10 heteroatoms. The van der Waals surface area contributed by atoms with Gasteiger partial charge < -0.3 is 26.0 Å². The molecule has 9 nitrogen and oxygen atoms in total. The summed E-state index contributed by atoms with van der Waals surface area (Å²) in [6.45, 7) is 0. The highest BCUT2D eigenvalue weighted by atomic mass is 127. The smallest absolute Gasteiger partial charge is 0.326 e. The maximum absolute atomic E-state index is 11.9. The lowest BCUT2D eigenvalue weighted by atomic mass is 10.1. The van der Waals surface area contributed by atoms with Gasteiger partial charge in [0.05, 0.1) is 0 Å². The highest BCUT2D eigenvalue weighted by molar-refractivity contribution is 14.1. The van der Waals surface area contributed by atoms with E-state index in [4.69, 9.17) is 10.2 Å². The third-order valence-electron chi connectivity index (χ3n) is 3.21. The van der Waals surface area contributed by atoms with Gasteiger partial charge in [-0.15, -0.1) is 0 Å². The summed E-state index contributed by atoms with van der Waals surface area (Å²) < 4.78 is 0.974. The van der Waals surface area contributed by atoms with E-state index in [1.165, 1.54) is 0 Å². The monoisotopic (exact) mass is 464 g/mol. The van der Waals surface area contributed by atoms with E-state index < -0.39 is 42.4 Å². The fourth-order valence-electron chi connectivity index (χ4n) is 1.94. The Balaban J connectivity index is 2.68. The van der Waals surface area contributed by atoms with E-state index in [1.807, 2.05) is 0 Å². The predicted octanol–water partition coefficient (Wildman–Crippen LogP) is 0.904. The predicted molar refractivity (Wildman–Crippen MR) is 94.2 cm³/mol. The van der Waals surface area contributed by atoms with Crippen molar-refractivity contribution >= 4 is 46.5 Å². The van der Waals surface area contributed by atoms with Crippen LogP contribution in [0, 0.1) is 3.57 Å². The number of urea groups is 1. The van der Waals surface area contributed by atoms with E-state index in [-0.39, 0.29) is 12.8 Å². The van der Waals surface area contributed by atoms with Crippen LogP contribution in [-0.2, 0) is 20.8 Å². The quantitative estimate of drug-likeness (QED) is 0.341. The zero-order chi connectivity index (χ0) is 19.0. The van der Waals surface area contributed by atoms with Gasteiger partial charge in [-0.25, -0.2) is 14.4 Å². The van der Waals surface area contributed by atoms with Gasteiger partial charge in [-0.1, -0.05) is 12.1 Å². The lowest BCUT2D eigenvalue weighted by molar-refractivity contribution is -0.140. The first-order chi connectivity index (χ1) is 11.7. The number of carboxylic acids is 3. The summed E-state index contributed by atoms with van der Waals surface area (Å²) in [6, 6.07) is 3.37. The number of aliphatic carboxylic acids is 3. The molecule has 0 aliphatic carbocycles. The lowest BCUT2D eigenvalue weighted by Gasteiger charge is -2.18. The number of benzene rings is 1. The first-order valence-electron chi connectivity index (χ1n) is 7.18. The van der Waals surface area contributed by atoms with Crippen LogP contribution in [0.2, 0.25) is 0 Å². The van der Waals surface area contributed by atoms with E-state index in [2.05, 4.69) is 33.2 Å². The van der Waals surface area contributed by atoms with E-state index in [0.29, 0.717) is 5.56 Å². The summed E-state index contributed by atoms with van der Waals surface area (Å²) in [5, 5.41) is 31.1. The number of halogens is 1. The Morgan fingerprint density at radius 2 is 1.44 bits per heavy atom. The molecule has 0 spiro atoms. The first kappa shape index (κ1) is 20.7. The van der Waals surface area contributed by atoms with E-state index in [9.17, 15) is 24.3 Å². The Morgan fingerprint density at radius 1 is 0.920 bits per heavy atom. The van der Waals surface area contributed by atoms with Crippen LogP contribution < -0.4 is 10.6 Å². The van der Waals surface area contributed by atoms with Crippen molar-refractivity contribution in [3.63, 3.8) is 0 Å². The first-order valence-corrected chi connectivity index (χ1v) is 8.25. The van der Waals surface area contributed by atoms with Gasteiger partial charge in [-0.3, -0.25) is 4.79 Å². The molecule has 0 saturated heterocycles. The topological polar surface area (TPSA) is 153 Å². The largest absolute Gasteiger partial charge is 0.481 e. The number of carbonyl (C=O) groups is 4. The van der Waals surface area contributed by atoms with Crippen molar-refractivity contribution in [1.82, 2.24) is 10.6 Å². The van der Waals surface area contributed by atoms with Gasteiger partial charge in [-0.05, 0) is 46.7 Å². The van der Waals surface area contributed by atoms with Crippen molar-refractivity contribution in [2.24, 2.45) is 0 Å². The van der Waals surface area contributed by atoms with Gasteiger partial charge >= 0.3 is 23.9 Å². The molecular formula is C15H17IN2O7. The number of carbonyl (C=O) groups excluding carboxylic acids is 1. The Morgan fingerprint density at radius 3 is 1.92 bits per heavy atom. The Kier molecular flexibility index (Phi) is 8.11. The van der Waals surface area contributed by atoms with Crippen LogP contribution in [0.4, 0.5) is 4.79 Å². The SMILES string of the molecule is O=C(O)CCC(NC(=O)N[C@@H](Cc1ccc(I)cc1)C(=O)O)C(=O)O. The van der Waals surface area contributed by atoms with E-state index in [0.717, 1.165) is 3.57 Å². The zero-order valence-corrected chi connectivity index (χ0v) is 15.1. The van der Waals surface area contributed by atoms with Gasteiger partial charge in [-0.2, -0.15) is 0 Å². The van der Waals surface area contributed by atoms with Crippen LogP contribution in [-0.4, -0.2) is 51.3 Å². The molecule has 0 radical (unpaired) electrons. The second-order valence-electron chi connectivity index (χ2n) is 5.16. The van der Waals surface area contributed by atoms with Gasteiger partial charge in [0.1, 0.15) is 12.1 Å². The summed E-state index contributed by atoms with van der Waals surface area (Å²) >= 11 is 2.10. The molecule has 0 saturated carbocycles. The molecule has 2 amide bonds. The second-order valence-corrected chi connectivity index (χ2v) is 6.41. The highest BCUT2D eigenvalue weighted by Crippen LogP contribution is 2.09. The van der Waals surface area contributed by atoms with Crippen LogP contribution in [0.25, 0.3) is 0 Å². The molecule has 0 fully saturated rings. The number of amides is 2. The molecule has 1 unspecified atom stereocenters. The Hall–Kier alpha value is -2.37. The summed E-state index contributed by atoms with van der Waals surface area (Å²) in [5.74, 6) is -3.87. The zero-order valence-electron chi connectivity index (χ0n) is 12.9. The van der Waals surface area contributed by atoms with Gasteiger partial charge in [0.15, 0.2) is 0 Å². The summed E-state index contributed by atoms with van der Waals surface area (Å²) in [7, 11) is 0. The molecule has 1 aromatic rings. The number of carboxylic acid groups (broad SMARTS) is 3. The van der Waals surface area contributed by atoms with Gasteiger partial charge in [0, 0.05) is 16.4 Å². The molecule has 5 N–H and O–H groups in total. The molecule has 1 aromatic carbocycles. The minimum atomic E-state index is -1.43. The normalized spacial score (nSPS) is 12.7. The molecule has 2 atom stereocenters. The summed E-state index contributed by atoms with van der Waals surface area (Å²) in [4.78, 5) is 44.7. The third kappa shape index (κ3) is 7.83. The van der Waals surface area contributed by atoms with Gasteiger partial charge in [0.25, 0.3) is 0 Å². The van der Waals surface area contributed by atoms with Crippen molar-refractivity contribution in [3.8, 4) is 0 Å². The molecule has 1 rings (SSSR count). The van der Waals surface area contributed by atoms with Crippen LogP contribution in [0.5, 0.6) is 0 Å². The minimum absolute atomic E-state index is 0.0204. The average molecular weight is 464 g/mol. The fraction of sp³-hybridized carbons (Fsp3) is 0.333. The van der Waals surface area contributed by atoms with Gasteiger partial charge in [0.2, 0.25) is 0 Å². The molecule has 0 aliphatic rings. The third-order valence-corrected chi connectivity index (χ3v) is 3.93. The molecule has 136 valence electrons. The van der Waals surface area contributed by atoms with Crippen LogP contribution in [0.1, 0.15) is 18.4 Å². The van der Waals surface area contributed by atoms with Crippen molar-refractivity contribution in [1.29, 1.82) is 0 Å². The van der Waals surface area contributed by atoms with E-state index >= 15 is 0 Å². The van der Waals surface area contributed by atoms with Crippen LogP contribution in [0.15, 0.2) is 24.3 Å². The lowest BCUT2D eigenvalue weighted by Crippen LogP contribution is -2.51.